The first kappa shape index (κ1) is 21.8. The van der Waals surface area contributed by atoms with Crippen molar-refractivity contribution in [2.45, 2.75) is 39.0 Å². The van der Waals surface area contributed by atoms with Crippen LogP contribution in [0.4, 0.5) is 11.4 Å². The first-order valence-corrected chi connectivity index (χ1v) is 10.9. The third-order valence-corrected chi connectivity index (χ3v) is 6.37. The van der Waals surface area contributed by atoms with Gasteiger partial charge in [0, 0.05) is 31.5 Å². The van der Waals surface area contributed by atoms with Gasteiger partial charge in [0.2, 0.25) is 10.0 Å². The molecule has 0 unspecified atom stereocenters. The molecule has 2 rings (SSSR count). The average molecular weight is 405 g/mol. The van der Waals surface area contributed by atoms with Gasteiger partial charge in [-0.3, -0.25) is 9.78 Å². The molecule has 0 aliphatic carbocycles. The van der Waals surface area contributed by atoms with Crippen molar-refractivity contribution in [1.29, 1.82) is 0 Å². The maximum atomic E-state index is 12.8. The molecule has 0 bridgehead atoms. The molecule has 2 aromatic rings. The molecule has 152 valence electrons. The highest BCUT2D eigenvalue weighted by molar-refractivity contribution is 7.89. The van der Waals surface area contributed by atoms with E-state index in [9.17, 15) is 13.2 Å². The number of carbonyl (C=O) groups is 1. The number of carbonyl (C=O) groups excluding carboxylic acids is 1. The van der Waals surface area contributed by atoms with Crippen molar-refractivity contribution in [1.82, 2.24) is 9.29 Å². The zero-order valence-corrected chi connectivity index (χ0v) is 17.6. The second kappa shape index (κ2) is 9.66. The molecule has 1 heterocycles. The summed E-state index contributed by atoms with van der Waals surface area (Å²) in [6.07, 6.45) is 2.40. The summed E-state index contributed by atoms with van der Waals surface area (Å²) in [6, 6.07) is 8.20. The second-order valence-corrected chi connectivity index (χ2v) is 8.30. The Labute approximate surface area is 167 Å². The number of sulfonamides is 1. The van der Waals surface area contributed by atoms with Crippen LogP contribution in [0.1, 0.15) is 43.2 Å². The van der Waals surface area contributed by atoms with Crippen LogP contribution >= 0.6 is 0 Å². The van der Waals surface area contributed by atoms with E-state index in [-0.39, 0.29) is 10.8 Å². The van der Waals surface area contributed by atoms with Crippen molar-refractivity contribution in [3.63, 3.8) is 0 Å². The number of aromatic nitrogens is 1. The van der Waals surface area contributed by atoms with Gasteiger partial charge in [0.25, 0.3) is 5.91 Å². The zero-order chi connectivity index (χ0) is 20.7. The Kier molecular flexibility index (Phi) is 7.53. The van der Waals surface area contributed by atoms with Gasteiger partial charge in [0.05, 0.1) is 21.8 Å². The summed E-state index contributed by atoms with van der Waals surface area (Å²) >= 11 is 0. The van der Waals surface area contributed by atoms with E-state index >= 15 is 0 Å². The third kappa shape index (κ3) is 5.08. The summed E-state index contributed by atoms with van der Waals surface area (Å²) < 4.78 is 27.1. The number of anilines is 2. The predicted octanol–water partition coefficient (Wildman–Crippen LogP) is 3.49. The highest BCUT2D eigenvalue weighted by Crippen LogP contribution is 2.28. The van der Waals surface area contributed by atoms with Gasteiger partial charge in [0.1, 0.15) is 0 Å². The number of hydrogen-bond acceptors (Lipinski definition) is 5. The normalized spacial score (nSPS) is 11.5. The molecular formula is C20H28N4O3S. The maximum absolute atomic E-state index is 12.8. The number of nitrogens with zero attached hydrogens (tertiary/aromatic N) is 2. The van der Waals surface area contributed by atoms with Crippen molar-refractivity contribution in [2.75, 3.05) is 30.3 Å². The van der Waals surface area contributed by atoms with E-state index < -0.39 is 10.0 Å². The standard InChI is InChI=1S/C20H28N4O3S/c1-5-12-21-18-11-10-17(28(26,27)24(6-2)7-3)13-19(18)23-20(25)16-9-8-15(4)22-14-16/h8-11,13-14,21H,5-7,12H2,1-4H3,(H,23,25). The van der Waals surface area contributed by atoms with E-state index in [1.165, 1.54) is 16.6 Å². The summed E-state index contributed by atoms with van der Waals surface area (Å²) in [5.74, 6) is -0.343. The van der Waals surface area contributed by atoms with Gasteiger partial charge in [-0.25, -0.2) is 8.42 Å². The Balaban J connectivity index is 2.41. The van der Waals surface area contributed by atoms with Gasteiger partial charge in [-0.2, -0.15) is 4.31 Å². The Morgan fingerprint density at radius 2 is 1.79 bits per heavy atom. The van der Waals surface area contributed by atoms with Crippen LogP contribution in [0.25, 0.3) is 0 Å². The third-order valence-electron chi connectivity index (χ3n) is 4.32. The van der Waals surface area contributed by atoms with Crippen molar-refractivity contribution >= 4 is 27.3 Å². The summed E-state index contributed by atoms with van der Waals surface area (Å²) in [5.41, 5.74) is 2.32. The number of pyridine rings is 1. The number of rotatable bonds is 9. The smallest absolute Gasteiger partial charge is 0.257 e. The number of aryl methyl sites for hydroxylation is 1. The molecule has 7 nitrogen and oxygen atoms in total. The van der Waals surface area contributed by atoms with Crippen molar-refractivity contribution in [2.24, 2.45) is 0 Å². The SMILES string of the molecule is CCCNc1ccc(S(=O)(=O)N(CC)CC)cc1NC(=O)c1ccc(C)nc1. The predicted molar refractivity (Wildman–Crippen MR) is 112 cm³/mol. The summed E-state index contributed by atoms with van der Waals surface area (Å²) in [5, 5.41) is 6.04. The molecular weight excluding hydrogens is 376 g/mol. The van der Waals surface area contributed by atoms with E-state index in [0.29, 0.717) is 36.6 Å². The van der Waals surface area contributed by atoms with Gasteiger partial charge in [-0.15, -0.1) is 0 Å². The molecule has 0 fully saturated rings. The van der Waals surface area contributed by atoms with Crippen LogP contribution in [-0.4, -0.2) is 43.2 Å². The highest BCUT2D eigenvalue weighted by Gasteiger charge is 2.23. The number of hydrogen-bond donors (Lipinski definition) is 2. The molecule has 8 heteroatoms. The van der Waals surface area contributed by atoms with Gasteiger partial charge >= 0.3 is 0 Å². The molecule has 1 amide bonds. The van der Waals surface area contributed by atoms with Crippen LogP contribution in [0.2, 0.25) is 0 Å². The topological polar surface area (TPSA) is 91.4 Å². The highest BCUT2D eigenvalue weighted by atomic mass is 32.2. The first-order valence-electron chi connectivity index (χ1n) is 9.45. The van der Waals surface area contributed by atoms with Gasteiger partial charge < -0.3 is 10.6 Å². The van der Waals surface area contributed by atoms with Crippen LogP contribution in [0, 0.1) is 6.92 Å². The molecule has 0 aliphatic heterocycles. The van der Waals surface area contributed by atoms with Crippen LogP contribution < -0.4 is 10.6 Å². The Morgan fingerprint density at radius 1 is 1.07 bits per heavy atom. The minimum atomic E-state index is -3.63. The molecule has 0 spiro atoms. The average Bonchev–Trinajstić information content (AvgIpc) is 2.68. The largest absolute Gasteiger partial charge is 0.383 e. The van der Waals surface area contributed by atoms with E-state index in [2.05, 4.69) is 15.6 Å². The minimum absolute atomic E-state index is 0.149. The van der Waals surface area contributed by atoms with Crippen LogP contribution in [0.3, 0.4) is 0 Å². The Bertz CT molecular complexity index is 908. The fourth-order valence-corrected chi connectivity index (χ4v) is 4.20. The number of nitrogens with one attached hydrogen (secondary N) is 2. The Morgan fingerprint density at radius 3 is 2.36 bits per heavy atom. The quantitative estimate of drug-likeness (QED) is 0.667. The molecule has 0 aliphatic rings. The molecule has 2 N–H and O–H groups in total. The molecule has 1 aromatic heterocycles. The van der Waals surface area contributed by atoms with Crippen molar-refractivity contribution < 1.29 is 13.2 Å². The van der Waals surface area contributed by atoms with Crippen LogP contribution in [0.15, 0.2) is 41.4 Å². The lowest BCUT2D eigenvalue weighted by Gasteiger charge is -2.20. The van der Waals surface area contributed by atoms with Crippen LogP contribution in [-0.2, 0) is 10.0 Å². The van der Waals surface area contributed by atoms with E-state index in [4.69, 9.17) is 0 Å². The maximum Gasteiger partial charge on any atom is 0.257 e. The lowest BCUT2D eigenvalue weighted by atomic mass is 10.2. The molecule has 28 heavy (non-hydrogen) atoms. The van der Waals surface area contributed by atoms with E-state index in [0.717, 1.165) is 12.1 Å². The number of amides is 1. The number of benzene rings is 1. The molecule has 0 atom stereocenters. The molecule has 0 saturated heterocycles. The molecule has 1 aromatic carbocycles. The molecule has 0 saturated carbocycles. The summed E-state index contributed by atoms with van der Waals surface area (Å²) in [4.78, 5) is 16.9. The first-order chi connectivity index (χ1) is 13.3. The molecule has 0 radical (unpaired) electrons. The summed E-state index contributed by atoms with van der Waals surface area (Å²) in [6.45, 7) is 8.93. The zero-order valence-electron chi connectivity index (χ0n) is 16.8. The van der Waals surface area contributed by atoms with Crippen molar-refractivity contribution in [3.05, 3.63) is 47.8 Å². The second-order valence-electron chi connectivity index (χ2n) is 6.37. The fraction of sp³-hybridized carbons (Fsp3) is 0.400. The lowest BCUT2D eigenvalue weighted by Crippen LogP contribution is -2.30. The lowest BCUT2D eigenvalue weighted by molar-refractivity contribution is 0.102. The van der Waals surface area contributed by atoms with E-state index in [1.807, 2.05) is 13.8 Å². The van der Waals surface area contributed by atoms with Gasteiger partial charge in [0.15, 0.2) is 0 Å². The summed E-state index contributed by atoms with van der Waals surface area (Å²) in [7, 11) is -3.63. The van der Waals surface area contributed by atoms with E-state index in [1.54, 1.807) is 38.1 Å². The van der Waals surface area contributed by atoms with Gasteiger partial charge in [-0.1, -0.05) is 20.8 Å². The monoisotopic (exact) mass is 404 g/mol. The van der Waals surface area contributed by atoms with Gasteiger partial charge in [-0.05, 0) is 43.7 Å². The fourth-order valence-electron chi connectivity index (χ4n) is 2.71. The van der Waals surface area contributed by atoms with Crippen molar-refractivity contribution in [3.8, 4) is 0 Å². The minimum Gasteiger partial charge on any atom is -0.383 e. The van der Waals surface area contributed by atoms with Crippen LogP contribution in [0.5, 0.6) is 0 Å². The Hall–Kier alpha value is -2.45.